The number of carboxylic acid groups (broad SMARTS) is 2. The molecular formula is C16H15NO7. The van der Waals surface area contributed by atoms with Gasteiger partial charge in [0.2, 0.25) is 5.78 Å². The lowest BCUT2D eigenvalue weighted by molar-refractivity contribution is -0.137. The van der Waals surface area contributed by atoms with Crippen LogP contribution in [0.4, 0.5) is 0 Å². The predicted molar refractivity (Wildman–Crippen MR) is 81.1 cm³/mol. The molecule has 0 bridgehead atoms. The summed E-state index contributed by atoms with van der Waals surface area (Å²) < 4.78 is 0. The standard InChI is InChI=1S/C16H15NO7/c1-16(2)9-5-7(15(23)24)3-4-8(9)12(20)11(13(16)21)14(22)17-6-10(18)19/h3-5,21H,6H2,1-2H3,(H,17,22)(H,18,19)(H,23,24). The molecule has 1 aliphatic carbocycles. The van der Waals surface area contributed by atoms with Crippen LogP contribution in [-0.2, 0) is 15.0 Å². The molecular weight excluding hydrogens is 318 g/mol. The molecule has 1 aromatic rings. The molecule has 0 saturated carbocycles. The topological polar surface area (TPSA) is 141 Å². The molecule has 0 saturated heterocycles. The Hall–Kier alpha value is -3.16. The first-order valence-corrected chi connectivity index (χ1v) is 6.93. The fourth-order valence-electron chi connectivity index (χ4n) is 2.53. The zero-order valence-electron chi connectivity index (χ0n) is 12.9. The van der Waals surface area contributed by atoms with Gasteiger partial charge in [-0.2, -0.15) is 0 Å². The molecule has 0 spiro atoms. The summed E-state index contributed by atoms with van der Waals surface area (Å²) in [6.45, 7) is 2.36. The molecule has 1 amide bonds. The van der Waals surface area contributed by atoms with Gasteiger partial charge in [-0.1, -0.05) is 0 Å². The minimum absolute atomic E-state index is 0.0544. The van der Waals surface area contributed by atoms with Crippen molar-refractivity contribution in [2.75, 3.05) is 6.54 Å². The molecule has 8 nitrogen and oxygen atoms in total. The van der Waals surface area contributed by atoms with Crippen LogP contribution in [0.1, 0.15) is 40.1 Å². The number of aromatic carboxylic acids is 1. The number of amides is 1. The maximum atomic E-state index is 12.5. The largest absolute Gasteiger partial charge is 0.510 e. The summed E-state index contributed by atoms with van der Waals surface area (Å²) in [6, 6.07) is 3.78. The van der Waals surface area contributed by atoms with Crippen molar-refractivity contribution in [1.29, 1.82) is 0 Å². The number of hydrogen-bond acceptors (Lipinski definition) is 5. The van der Waals surface area contributed by atoms with Gasteiger partial charge in [-0.15, -0.1) is 0 Å². The number of aliphatic hydroxyl groups excluding tert-OH is 1. The quantitative estimate of drug-likeness (QED) is 0.599. The van der Waals surface area contributed by atoms with Gasteiger partial charge in [-0.3, -0.25) is 14.4 Å². The van der Waals surface area contributed by atoms with E-state index in [1.54, 1.807) is 0 Å². The van der Waals surface area contributed by atoms with Crippen LogP contribution in [0.2, 0.25) is 0 Å². The Kier molecular flexibility index (Phi) is 4.16. The maximum Gasteiger partial charge on any atom is 0.335 e. The van der Waals surface area contributed by atoms with E-state index in [9.17, 15) is 24.3 Å². The molecule has 4 N–H and O–H groups in total. The molecule has 1 aliphatic rings. The molecule has 0 atom stereocenters. The lowest BCUT2D eigenvalue weighted by atomic mass is 9.71. The summed E-state index contributed by atoms with van der Waals surface area (Å²) in [5.74, 6) is -4.81. The zero-order valence-corrected chi connectivity index (χ0v) is 12.9. The van der Waals surface area contributed by atoms with Crippen LogP contribution in [-0.4, -0.2) is 45.5 Å². The van der Waals surface area contributed by atoms with Crippen molar-refractivity contribution in [2.24, 2.45) is 0 Å². The van der Waals surface area contributed by atoms with E-state index in [0.717, 1.165) is 0 Å². The highest BCUT2D eigenvalue weighted by Gasteiger charge is 2.42. The Morgan fingerprint density at radius 1 is 1.17 bits per heavy atom. The second-order valence-corrected chi connectivity index (χ2v) is 5.82. The molecule has 8 heteroatoms. The number of aliphatic hydroxyl groups is 1. The van der Waals surface area contributed by atoms with Gasteiger partial charge in [0.15, 0.2) is 0 Å². The average Bonchev–Trinajstić information content (AvgIpc) is 2.51. The molecule has 0 unspecified atom stereocenters. The Balaban J connectivity index is 2.56. The molecule has 0 radical (unpaired) electrons. The van der Waals surface area contributed by atoms with E-state index in [4.69, 9.17) is 10.2 Å². The van der Waals surface area contributed by atoms with Crippen molar-refractivity contribution in [3.8, 4) is 0 Å². The highest BCUT2D eigenvalue weighted by atomic mass is 16.4. The van der Waals surface area contributed by atoms with Crippen molar-refractivity contribution in [3.05, 3.63) is 46.2 Å². The lowest BCUT2D eigenvalue weighted by Crippen LogP contribution is -2.39. The number of aliphatic carboxylic acids is 1. The Morgan fingerprint density at radius 3 is 2.33 bits per heavy atom. The predicted octanol–water partition coefficient (Wildman–Crippen LogP) is 0.872. The van der Waals surface area contributed by atoms with Gasteiger partial charge >= 0.3 is 11.9 Å². The van der Waals surface area contributed by atoms with E-state index in [1.165, 1.54) is 32.0 Å². The Morgan fingerprint density at radius 2 is 1.79 bits per heavy atom. The number of Topliss-reactive ketones (excluding diaryl/α,β-unsaturated/α-hetero) is 1. The van der Waals surface area contributed by atoms with Crippen molar-refractivity contribution in [1.82, 2.24) is 5.32 Å². The van der Waals surface area contributed by atoms with Crippen LogP contribution in [0.3, 0.4) is 0 Å². The van der Waals surface area contributed by atoms with Crippen LogP contribution in [0.5, 0.6) is 0 Å². The molecule has 0 fully saturated rings. The second kappa shape index (κ2) is 5.80. The monoisotopic (exact) mass is 333 g/mol. The number of carbonyl (C=O) groups excluding carboxylic acids is 2. The van der Waals surface area contributed by atoms with E-state index in [2.05, 4.69) is 0 Å². The maximum absolute atomic E-state index is 12.5. The Labute approximate surface area is 136 Å². The fraction of sp³-hybridized carbons (Fsp3) is 0.250. The van der Waals surface area contributed by atoms with E-state index in [-0.39, 0.29) is 16.7 Å². The number of rotatable bonds is 4. The molecule has 24 heavy (non-hydrogen) atoms. The number of carbonyl (C=O) groups is 4. The summed E-state index contributed by atoms with van der Waals surface area (Å²) in [7, 11) is 0. The number of allylic oxidation sites excluding steroid dienone is 1. The Bertz CT molecular complexity index is 805. The number of carboxylic acids is 2. The van der Waals surface area contributed by atoms with Crippen LogP contribution in [0, 0.1) is 0 Å². The van der Waals surface area contributed by atoms with Crippen molar-refractivity contribution in [3.63, 3.8) is 0 Å². The third kappa shape index (κ3) is 2.73. The zero-order chi connectivity index (χ0) is 18.2. The van der Waals surface area contributed by atoms with Crippen LogP contribution < -0.4 is 5.32 Å². The third-order valence-electron chi connectivity index (χ3n) is 3.87. The molecule has 0 aromatic heterocycles. The van der Waals surface area contributed by atoms with Gasteiger partial charge in [0.1, 0.15) is 17.9 Å². The van der Waals surface area contributed by atoms with E-state index >= 15 is 0 Å². The minimum atomic E-state index is -1.29. The van der Waals surface area contributed by atoms with Crippen molar-refractivity contribution >= 4 is 23.6 Å². The first-order valence-electron chi connectivity index (χ1n) is 6.93. The van der Waals surface area contributed by atoms with E-state index in [0.29, 0.717) is 0 Å². The van der Waals surface area contributed by atoms with Crippen LogP contribution >= 0.6 is 0 Å². The molecule has 1 aromatic carbocycles. The number of benzene rings is 1. The molecule has 0 aliphatic heterocycles. The SMILES string of the molecule is CC1(C)C(O)=C(C(=O)NCC(=O)O)C(=O)c2ccc(C(=O)O)cc21. The number of hydrogen-bond donors (Lipinski definition) is 4. The molecule has 126 valence electrons. The first-order chi connectivity index (χ1) is 11.1. The average molecular weight is 333 g/mol. The summed E-state index contributed by atoms with van der Waals surface area (Å²) in [5, 5.41) is 30.1. The first kappa shape index (κ1) is 17.2. The smallest absolute Gasteiger partial charge is 0.335 e. The normalized spacial score (nSPS) is 15.7. The summed E-state index contributed by atoms with van der Waals surface area (Å²) in [6.07, 6.45) is 0. The number of nitrogens with one attached hydrogen (secondary N) is 1. The van der Waals surface area contributed by atoms with Gasteiger partial charge in [-0.25, -0.2) is 4.79 Å². The minimum Gasteiger partial charge on any atom is -0.510 e. The van der Waals surface area contributed by atoms with Crippen molar-refractivity contribution < 1.29 is 34.5 Å². The highest BCUT2D eigenvalue weighted by molar-refractivity contribution is 6.28. The second-order valence-electron chi connectivity index (χ2n) is 5.82. The third-order valence-corrected chi connectivity index (χ3v) is 3.87. The lowest BCUT2D eigenvalue weighted by Gasteiger charge is -2.32. The van der Waals surface area contributed by atoms with Crippen molar-refractivity contribution in [2.45, 2.75) is 19.3 Å². The van der Waals surface area contributed by atoms with Gasteiger partial charge in [0.05, 0.1) is 5.56 Å². The van der Waals surface area contributed by atoms with Gasteiger partial charge in [-0.05, 0) is 37.6 Å². The summed E-state index contributed by atoms with van der Waals surface area (Å²) in [5.41, 5.74) is -1.43. The van der Waals surface area contributed by atoms with Crippen LogP contribution in [0.15, 0.2) is 29.5 Å². The van der Waals surface area contributed by atoms with Crippen LogP contribution in [0.25, 0.3) is 0 Å². The fourth-order valence-corrected chi connectivity index (χ4v) is 2.53. The summed E-state index contributed by atoms with van der Waals surface area (Å²) in [4.78, 5) is 46.2. The molecule has 2 rings (SSSR count). The van der Waals surface area contributed by atoms with Gasteiger partial charge in [0.25, 0.3) is 5.91 Å². The van der Waals surface area contributed by atoms with E-state index < -0.39 is 46.9 Å². The van der Waals surface area contributed by atoms with Gasteiger partial charge < -0.3 is 20.6 Å². The number of ketones is 1. The molecule has 0 heterocycles. The van der Waals surface area contributed by atoms with Gasteiger partial charge in [0, 0.05) is 11.0 Å². The van der Waals surface area contributed by atoms with E-state index in [1.807, 2.05) is 5.32 Å². The highest BCUT2D eigenvalue weighted by Crippen LogP contribution is 2.40. The summed E-state index contributed by atoms with van der Waals surface area (Å²) >= 11 is 0. The number of fused-ring (bicyclic) bond motifs is 1.